The summed E-state index contributed by atoms with van der Waals surface area (Å²) >= 11 is 0. The minimum absolute atomic E-state index is 0.0793. The van der Waals surface area contributed by atoms with Gasteiger partial charge >= 0.3 is 0 Å². The van der Waals surface area contributed by atoms with Crippen molar-refractivity contribution >= 4 is 27.5 Å². The molecule has 38 heavy (non-hydrogen) atoms. The Kier molecular flexibility index (Phi) is 8.18. The number of nitrogens with zero attached hydrogens (tertiary/aromatic N) is 2. The first-order valence-electron chi connectivity index (χ1n) is 13.2. The monoisotopic (exact) mass is 541 g/mol. The van der Waals surface area contributed by atoms with Gasteiger partial charge in [0.05, 0.1) is 25.2 Å². The van der Waals surface area contributed by atoms with Crippen molar-refractivity contribution < 1.29 is 22.7 Å². The zero-order chi connectivity index (χ0) is 27.6. The Balaban J connectivity index is 1.45. The van der Waals surface area contributed by atoms with Crippen LogP contribution in [0.1, 0.15) is 51.2 Å². The van der Waals surface area contributed by atoms with Crippen molar-refractivity contribution in [3.8, 4) is 0 Å². The van der Waals surface area contributed by atoms with Crippen LogP contribution in [0.4, 0.5) is 5.69 Å². The molecule has 1 N–H and O–H groups in total. The molecule has 0 aromatic heterocycles. The number of anilines is 1. The Morgan fingerprint density at radius 2 is 1.66 bits per heavy atom. The predicted octanol–water partition coefficient (Wildman–Crippen LogP) is 3.46. The van der Waals surface area contributed by atoms with Gasteiger partial charge in [0.15, 0.2) is 0 Å². The van der Waals surface area contributed by atoms with E-state index in [0.29, 0.717) is 45.5 Å². The minimum Gasteiger partial charge on any atom is -0.374 e. The number of rotatable bonds is 8. The highest BCUT2D eigenvalue weighted by Crippen LogP contribution is 2.47. The lowest BCUT2D eigenvalue weighted by Gasteiger charge is -2.41. The number of nitrogens with one attached hydrogen (secondary N) is 1. The van der Waals surface area contributed by atoms with Crippen molar-refractivity contribution in [3.63, 3.8) is 0 Å². The van der Waals surface area contributed by atoms with E-state index in [0.717, 1.165) is 16.8 Å². The Labute approximate surface area is 226 Å². The molecule has 0 saturated carbocycles. The predicted molar refractivity (Wildman–Crippen MR) is 148 cm³/mol. The molecule has 0 radical (unpaired) electrons. The average molecular weight is 542 g/mol. The molecule has 206 valence electrons. The van der Waals surface area contributed by atoms with Crippen molar-refractivity contribution in [2.24, 2.45) is 5.41 Å². The molecule has 9 heteroatoms. The Morgan fingerprint density at radius 1 is 1.03 bits per heavy atom. The summed E-state index contributed by atoms with van der Waals surface area (Å²) in [4.78, 5) is 28.2. The van der Waals surface area contributed by atoms with Crippen molar-refractivity contribution in [1.82, 2.24) is 10.2 Å². The molecule has 1 saturated heterocycles. The quantitative estimate of drug-likeness (QED) is 0.552. The van der Waals surface area contributed by atoms with Crippen LogP contribution in [-0.4, -0.2) is 63.7 Å². The van der Waals surface area contributed by atoms with E-state index in [9.17, 15) is 18.0 Å². The first kappa shape index (κ1) is 28.1. The maximum atomic E-state index is 13.6. The maximum Gasteiger partial charge on any atom is 0.247 e. The molecule has 1 atom stereocenters. The Hall–Kier alpha value is -2.91. The van der Waals surface area contributed by atoms with Crippen LogP contribution in [0, 0.1) is 5.41 Å². The number of amides is 2. The van der Waals surface area contributed by atoms with E-state index in [1.807, 2.05) is 75.4 Å². The number of para-hydroxylation sites is 1. The second kappa shape index (κ2) is 11.1. The highest BCUT2D eigenvalue weighted by Gasteiger charge is 2.47. The standard InChI is InChI=1S/C29H39N3O5S/c1-28(2,3)18-26(33)30-24(20-37-19-22-10-6-5-7-11-22)27(34)31-16-14-29(15-17-31)21-32(38(4,35)36)25-13-9-8-12-23(25)29/h5-13,24H,14-21H2,1-4H3,(H,30,33)/t24-/m1/s1. The molecule has 2 aromatic carbocycles. The van der Waals surface area contributed by atoms with Crippen LogP contribution in [0.5, 0.6) is 0 Å². The van der Waals surface area contributed by atoms with Gasteiger partial charge in [0, 0.05) is 31.5 Å². The molecule has 2 amide bonds. The van der Waals surface area contributed by atoms with Crippen LogP contribution >= 0.6 is 0 Å². The summed E-state index contributed by atoms with van der Waals surface area (Å²) in [6.07, 6.45) is 2.84. The van der Waals surface area contributed by atoms with E-state index in [2.05, 4.69) is 5.32 Å². The minimum atomic E-state index is -3.41. The van der Waals surface area contributed by atoms with E-state index in [4.69, 9.17) is 4.74 Å². The van der Waals surface area contributed by atoms with Crippen LogP contribution in [-0.2, 0) is 36.4 Å². The smallest absolute Gasteiger partial charge is 0.247 e. The van der Waals surface area contributed by atoms with Gasteiger partial charge in [0.1, 0.15) is 6.04 Å². The fourth-order valence-corrected chi connectivity index (χ4v) is 6.45. The zero-order valence-electron chi connectivity index (χ0n) is 22.8. The average Bonchev–Trinajstić information content (AvgIpc) is 3.18. The fourth-order valence-electron chi connectivity index (χ4n) is 5.45. The molecule has 8 nitrogen and oxygen atoms in total. The molecule has 4 rings (SSSR count). The summed E-state index contributed by atoms with van der Waals surface area (Å²) in [5.74, 6) is -0.345. The normalized spacial score (nSPS) is 17.8. The van der Waals surface area contributed by atoms with Crippen molar-refractivity contribution in [1.29, 1.82) is 0 Å². The van der Waals surface area contributed by atoms with Gasteiger partial charge in [-0.3, -0.25) is 13.9 Å². The molecule has 2 heterocycles. The second-order valence-corrected chi connectivity index (χ2v) is 13.7. The third-order valence-corrected chi connectivity index (χ3v) is 8.47. The summed E-state index contributed by atoms with van der Waals surface area (Å²) in [5, 5.41) is 2.92. The first-order valence-corrected chi connectivity index (χ1v) is 15.0. The van der Waals surface area contributed by atoms with E-state index in [-0.39, 0.29) is 29.3 Å². The lowest BCUT2D eigenvalue weighted by molar-refractivity contribution is -0.140. The summed E-state index contributed by atoms with van der Waals surface area (Å²) in [5.41, 5.74) is 2.22. The largest absolute Gasteiger partial charge is 0.374 e. The van der Waals surface area contributed by atoms with Crippen LogP contribution in [0.3, 0.4) is 0 Å². The van der Waals surface area contributed by atoms with Gasteiger partial charge in [-0.2, -0.15) is 0 Å². The summed E-state index contributed by atoms with van der Waals surface area (Å²) < 4.78 is 32.4. The van der Waals surface area contributed by atoms with Gasteiger partial charge in [-0.05, 0) is 35.4 Å². The number of piperidine rings is 1. The van der Waals surface area contributed by atoms with Crippen molar-refractivity contribution in [2.45, 2.75) is 58.1 Å². The van der Waals surface area contributed by atoms with Crippen LogP contribution in [0.25, 0.3) is 0 Å². The summed E-state index contributed by atoms with van der Waals surface area (Å²) in [7, 11) is -3.41. The Bertz CT molecular complexity index is 1250. The van der Waals surface area contributed by atoms with Gasteiger partial charge in [0.25, 0.3) is 0 Å². The Morgan fingerprint density at radius 3 is 2.29 bits per heavy atom. The molecule has 1 spiro atoms. The molecular weight excluding hydrogens is 502 g/mol. The van der Waals surface area contributed by atoms with E-state index in [1.165, 1.54) is 10.6 Å². The fraction of sp³-hybridized carbons (Fsp3) is 0.517. The zero-order valence-corrected chi connectivity index (χ0v) is 23.6. The molecule has 2 aromatic rings. The SMILES string of the molecule is CC(C)(C)CC(=O)N[C@H](COCc1ccccc1)C(=O)N1CCC2(CC1)CN(S(C)(=O)=O)c1ccccc12. The van der Waals surface area contributed by atoms with Crippen molar-refractivity contribution in [3.05, 3.63) is 65.7 Å². The van der Waals surface area contributed by atoms with Crippen molar-refractivity contribution in [2.75, 3.05) is 36.8 Å². The number of hydrogen-bond acceptors (Lipinski definition) is 5. The van der Waals surface area contributed by atoms with Crippen LogP contribution in [0.2, 0.25) is 0 Å². The van der Waals surface area contributed by atoms with E-state index < -0.39 is 16.1 Å². The lowest BCUT2D eigenvalue weighted by Crippen LogP contribution is -2.55. The maximum absolute atomic E-state index is 13.6. The van der Waals surface area contributed by atoms with E-state index in [1.54, 1.807) is 4.90 Å². The van der Waals surface area contributed by atoms with Gasteiger partial charge < -0.3 is 15.0 Å². The van der Waals surface area contributed by atoms with E-state index >= 15 is 0 Å². The summed E-state index contributed by atoms with van der Waals surface area (Å²) in [6.45, 7) is 7.73. The molecule has 2 aliphatic heterocycles. The lowest BCUT2D eigenvalue weighted by atomic mass is 9.74. The number of carbonyl (C=O) groups excluding carboxylic acids is 2. The number of sulfonamides is 1. The third-order valence-electron chi connectivity index (χ3n) is 7.34. The summed E-state index contributed by atoms with van der Waals surface area (Å²) in [6, 6.07) is 16.6. The number of fused-ring (bicyclic) bond motifs is 2. The molecule has 1 fully saturated rings. The molecule has 2 aliphatic rings. The topological polar surface area (TPSA) is 96.0 Å². The highest BCUT2D eigenvalue weighted by molar-refractivity contribution is 7.92. The van der Waals surface area contributed by atoms with Gasteiger partial charge in [-0.25, -0.2) is 8.42 Å². The second-order valence-electron chi connectivity index (χ2n) is 11.8. The number of likely N-dealkylation sites (tertiary alicyclic amines) is 1. The molecule has 0 unspecified atom stereocenters. The van der Waals surface area contributed by atoms with Gasteiger partial charge in [-0.15, -0.1) is 0 Å². The molecule has 0 aliphatic carbocycles. The molecule has 0 bridgehead atoms. The number of carbonyl (C=O) groups is 2. The number of benzene rings is 2. The first-order chi connectivity index (χ1) is 17.9. The number of hydrogen-bond donors (Lipinski definition) is 1. The third kappa shape index (κ3) is 6.56. The van der Waals surface area contributed by atoms with Gasteiger partial charge in [-0.1, -0.05) is 69.3 Å². The highest BCUT2D eigenvalue weighted by atomic mass is 32.2. The van der Waals surface area contributed by atoms with Gasteiger partial charge in [0.2, 0.25) is 21.8 Å². The number of ether oxygens (including phenoxy) is 1. The molecular formula is C29H39N3O5S. The van der Waals surface area contributed by atoms with Crippen LogP contribution < -0.4 is 9.62 Å². The van der Waals surface area contributed by atoms with Crippen LogP contribution in [0.15, 0.2) is 54.6 Å².